The van der Waals surface area contributed by atoms with E-state index in [1.165, 1.54) is 17.5 Å². The highest BCUT2D eigenvalue weighted by molar-refractivity contribution is 5.39. The Balaban J connectivity index is 3.00. The van der Waals surface area contributed by atoms with Crippen LogP contribution in [0.25, 0.3) is 0 Å². The Hall–Kier alpha value is -1.02. The van der Waals surface area contributed by atoms with Gasteiger partial charge < -0.3 is 10.1 Å². The molecule has 2 nitrogen and oxygen atoms in total. The van der Waals surface area contributed by atoms with Crippen LogP contribution in [0.3, 0.4) is 0 Å². The molecule has 16 heavy (non-hydrogen) atoms. The second-order valence-corrected chi connectivity index (χ2v) is 4.14. The summed E-state index contributed by atoms with van der Waals surface area (Å²) in [5, 5.41) is 3.52. The van der Waals surface area contributed by atoms with Crippen LogP contribution in [0.5, 0.6) is 5.75 Å². The van der Waals surface area contributed by atoms with Crippen LogP contribution in [0.15, 0.2) is 18.2 Å². The second kappa shape index (κ2) is 6.54. The van der Waals surface area contributed by atoms with Crippen molar-refractivity contribution in [3.05, 3.63) is 29.3 Å². The average molecular weight is 221 g/mol. The standard InChI is InChI=1S/C14H23NO/c1-5-7-13(15-6-2)12-10-11(3)8-9-14(12)16-4/h8-10,13,15H,5-7H2,1-4H3. The minimum Gasteiger partial charge on any atom is -0.496 e. The van der Waals surface area contributed by atoms with Gasteiger partial charge in [0.2, 0.25) is 0 Å². The molecule has 0 spiro atoms. The molecule has 1 N–H and O–H groups in total. The van der Waals surface area contributed by atoms with Crippen LogP contribution >= 0.6 is 0 Å². The van der Waals surface area contributed by atoms with E-state index in [1.54, 1.807) is 7.11 Å². The molecule has 0 saturated carbocycles. The van der Waals surface area contributed by atoms with Crippen LogP contribution in [0.2, 0.25) is 0 Å². The normalized spacial score (nSPS) is 12.5. The van der Waals surface area contributed by atoms with Gasteiger partial charge in [0.1, 0.15) is 5.75 Å². The van der Waals surface area contributed by atoms with Crippen molar-refractivity contribution in [3.8, 4) is 5.75 Å². The first-order valence-corrected chi connectivity index (χ1v) is 6.10. The van der Waals surface area contributed by atoms with Gasteiger partial charge in [0.15, 0.2) is 0 Å². The summed E-state index contributed by atoms with van der Waals surface area (Å²) < 4.78 is 5.43. The van der Waals surface area contributed by atoms with Crippen molar-refractivity contribution in [1.29, 1.82) is 0 Å². The van der Waals surface area contributed by atoms with Crippen LogP contribution in [0, 0.1) is 6.92 Å². The summed E-state index contributed by atoms with van der Waals surface area (Å²) >= 11 is 0. The number of rotatable bonds is 6. The fourth-order valence-corrected chi connectivity index (χ4v) is 2.03. The molecular weight excluding hydrogens is 198 g/mol. The molecule has 0 bridgehead atoms. The van der Waals surface area contributed by atoms with E-state index in [0.717, 1.165) is 18.7 Å². The maximum atomic E-state index is 5.43. The van der Waals surface area contributed by atoms with Gasteiger partial charge in [-0.1, -0.05) is 38.0 Å². The fraction of sp³-hybridized carbons (Fsp3) is 0.571. The highest BCUT2D eigenvalue weighted by Gasteiger charge is 2.14. The molecule has 2 heteroatoms. The van der Waals surface area contributed by atoms with Crippen LogP contribution < -0.4 is 10.1 Å². The van der Waals surface area contributed by atoms with Crippen LogP contribution in [0.4, 0.5) is 0 Å². The molecular formula is C14H23NO. The monoisotopic (exact) mass is 221 g/mol. The Bertz CT molecular complexity index is 317. The Morgan fingerprint density at radius 3 is 2.62 bits per heavy atom. The van der Waals surface area contributed by atoms with E-state index < -0.39 is 0 Å². The Morgan fingerprint density at radius 2 is 2.06 bits per heavy atom. The number of methoxy groups -OCH3 is 1. The van der Waals surface area contributed by atoms with Gasteiger partial charge in [-0.2, -0.15) is 0 Å². The number of nitrogens with one attached hydrogen (secondary N) is 1. The summed E-state index contributed by atoms with van der Waals surface area (Å²) in [6.07, 6.45) is 2.32. The summed E-state index contributed by atoms with van der Waals surface area (Å²) in [4.78, 5) is 0. The molecule has 1 rings (SSSR count). The van der Waals surface area contributed by atoms with Gasteiger partial charge in [-0.25, -0.2) is 0 Å². The zero-order chi connectivity index (χ0) is 12.0. The molecule has 0 saturated heterocycles. The van der Waals surface area contributed by atoms with Gasteiger partial charge >= 0.3 is 0 Å². The lowest BCUT2D eigenvalue weighted by Gasteiger charge is -2.20. The van der Waals surface area contributed by atoms with Crippen LogP contribution in [-0.4, -0.2) is 13.7 Å². The smallest absolute Gasteiger partial charge is 0.123 e. The molecule has 0 radical (unpaired) electrons. The SMILES string of the molecule is CCCC(NCC)c1cc(C)ccc1OC. The topological polar surface area (TPSA) is 21.3 Å². The first-order valence-electron chi connectivity index (χ1n) is 6.10. The van der Waals surface area contributed by atoms with Gasteiger partial charge in [-0.15, -0.1) is 0 Å². The van der Waals surface area contributed by atoms with Crippen molar-refractivity contribution < 1.29 is 4.74 Å². The molecule has 0 aliphatic rings. The van der Waals surface area contributed by atoms with Crippen molar-refractivity contribution in [2.45, 2.75) is 39.7 Å². The predicted molar refractivity (Wildman–Crippen MR) is 69.1 cm³/mol. The van der Waals surface area contributed by atoms with E-state index in [9.17, 15) is 0 Å². The minimum atomic E-state index is 0.407. The lowest BCUT2D eigenvalue weighted by molar-refractivity contribution is 0.395. The van der Waals surface area contributed by atoms with Gasteiger partial charge in [-0.3, -0.25) is 0 Å². The van der Waals surface area contributed by atoms with Crippen molar-refractivity contribution >= 4 is 0 Å². The van der Waals surface area contributed by atoms with Crippen molar-refractivity contribution in [2.75, 3.05) is 13.7 Å². The lowest BCUT2D eigenvalue weighted by Crippen LogP contribution is -2.21. The molecule has 1 unspecified atom stereocenters. The fourth-order valence-electron chi connectivity index (χ4n) is 2.03. The number of aryl methyl sites for hydroxylation is 1. The summed E-state index contributed by atoms with van der Waals surface area (Å²) in [6, 6.07) is 6.79. The predicted octanol–water partition coefficient (Wildman–Crippen LogP) is 3.45. The van der Waals surface area contributed by atoms with Gasteiger partial charge in [0.25, 0.3) is 0 Å². The Kier molecular flexibility index (Phi) is 5.33. The average Bonchev–Trinajstić information content (AvgIpc) is 2.29. The molecule has 0 aliphatic carbocycles. The maximum absolute atomic E-state index is 5.43. The van der Waals surface area contributed by atoms with E-state index in [1.807, 2.05) is 0 Å². The van der Waals surface area contributed by atoms with E-state index in [0.29, 0.717) is 6.04 Å². The molecule has 90 valence electrons. The zero-order valence-electron chi connectivity index (χ0n) is 10.8. The third-order valence-electron chi connectivity index (χ3n) is 2.79. The summed E-state index contributed by atoms with van der Waals surface area (Å²) in [6.45, 7) is 7.47. The Morgan fingerprint density at radius 1 is 1.31 bits per heavy atom. The summed E-state index contributed by atoms with van der Waals surface area (Å²) in [5.41, 5.74) is 2.57. The van der Waals surface area contributed by atoms with E-state index in [4.69, 9.17) is 4.74 Å². The largest absolute Gasteiger partial charge is 0.496 e. The van der Waals surface area contributed by atoms with Gasteiger partial charge in [0, 0.05) is 11.6 Å². The van der Waals surface area contributed by atoms with Gasteiger partial charge in [0.05, 0.1) is 7.11 Å². The van der Waals surface area contributed by atoms with Crippen molar-refractivity contribution in [2.24, 2.45) is 0 Å². The summed E-state index contributed by atoms with van der Waals surface area (Å²) in [7, 11) is 1.74. The molecule has 0 heterocycles. The maximum Gasteiger partial charge on any atom is 0.123 e. The third kappa shape index (κ3) is 3.24. The molecule has 1 aromatic carbocycles. The summed E-state index contributed by atoms with van der Waals surface area (Å²) in [5.74, 6) is 0.991. The zero-order valence-corrected chi connectivity index (χ0v) is 10.8. The lowest BCUT2D eigenvalue weighted by atomic mass is 9.99. The van der Waals surface area contributed by atoms with E-state index >= 15 is 0 Å². The molecule has 0 aromatic heterocycles. The van der Waals surface area contributed by atoms with E-state index in [-0.39, 0.29) is 0 Å². The molecule has 1 atom stereocenters. The number of benzene rings is 1. The second-order valence-electron chi connectivity index (χ2n) is 4.14. The van der Waals surface area contributed by atoms with Crippen LogP contribution in [-0.2, 0) is 0 Å². The molecule has 1 aromatic rings. The van der Waals surface area contributed by atoms with Crippen molar-refractivity contribution in [3.63, 3.8) is 0 Å². The quantitative estimate of drug-likeness (QED) is 0.794. The highest BCUT2D eigenvalue weighted by Crippen LogP contribution is 2.28. The van der Waals surface area contributed by atoms with E-state index in [2.05, 4.69) is 44.3 Å². The number of hydrogen-bond acceptors (Lipinski definition) is 2. The first kappa shape index (κ1) is 13.0. The third-order valence-corrected chi connectivity index (χ3v) is 2.79. The number of hydrogen-bond donors (Lipinski definition) is 1. The first-order chi connectivity index (χ1) is 7.72. The Labute approximate surface area is 99.0 Å². The number of ether oxygens (including phenoxy) is 1. The molecule has 0 amide bonds. The molecule has 0 aliphatic heterocycles. The molecule has 0 fully saturated rings. The minimum absolute atomic E-state index is 0.407. The van der Waals surface area contributed by atoms with Crippen LogP contribution in [0.1, 0.15) is 43.9 Å². The van der Waals surface area contributed by atoms with Crippen molar-refractivity contribution in [1.82, 2.24) is 5.32 Å². The highest BCUT2D eigenvalue weighted by atomic mass is 16.5. The van der Waals surface area contributed by atoms with Gasteiger partial charge in [-0.05, 0) is 26.0 Å².